The van der Waals surface area contributed by atoms with E-state index < -0.39 is 0 Å². The van der Waals surface area contributed by atoms with Crippen LogP contribution in [-0.2, 0) is 6.54 Å². The van der Waals surface area contributed by atoms with Gasteiger partial charge in [-0.1, -0.05) is 23.3 Å². The molecule has 0 unspecified atom stereocenters. The molecule has 3 rings (SSSR count). The number of tetrazole rings is 1. The maximum Gasteiger partial charge on any atom is 0.276 e. The van der Waals surface area contributed by atoms with E-state index in [1.54, 1.807) is 4.68 Å². The number of hydrogen-bond donors (Lipinski definition) is 1. The molecule has 2 aromatic heterocycles. The maximum atomic E-state index is 5.47. The molecule has 90 valence electrons. The molecule has 0 bridgehead atoms. The second-order valence-corrected chi connectivity index (χ2v) is 3.54. The van der Waals surface area contributed by atoms with Crippen LogP contribution in [0.3, 0.4) is 0 Å². The summed E-state index contributed by atoms with van der Waals surface area (Å²) in [6.45, 7) is 0.278. The molecule has 0 amide bonds. The van der Waals surface area contributed by atoms with Crippen LogP contribution in [0.25, 0.3) is 11.6 Å². The molecule has 3 aromatic rings. The highest BCUT2D eigenvalue weighted by molar-refractivity contribution is 5.33. The fourth-order valence-electron chi connectivity index (χ4n) is 1.55. The Hall–Kier alpha value is -2.61. The Morgan fingerprint density at radius 3 is 2.72 bits per heavy atom. The standard InChI is InChI=1S/C10H10N8/c11-6-9-12-7-17(14-9)10-13-15-16-18(10)8-4-2-1-3-5-8/h1-5,7H,6,11H2. The van der Waals surface area contributed by atoms with Crippen LogP contribution in [0, 0.1) is 0 Å². The second kappa shape index (κ2) is 4.34. The van der Waals surface area contributed by atoms with E-state index in [4.69, 9.17) is 5.73 Å². The number of nitrogens with two attached hydrogens (primary N) is 1. The van der Waals surface area contributed by atoms with Crippen LogP contribution in [0.5, 0.6) is 0 Å². The Bertz CT molecular complexity index is 641. The lowest BCUT2D eigenvalue weighted by molar-refractivity contribution is 0.730. The Balaban J connectivity index is 2.07. The highest BCUT2D eigenvalue weighted by atomic mass is 15.6. The molecule has 0 aliphatic rings. The molecule has 8 heteroatoms. The van der Waals surface area contributed by atoms with E-state index in [0.29, 0.717) is 11.8 Å². The van der Waals surface area contributed by atoms with Gasteiger partial charge in [-0.25, -0.2) is 4.98 Å². The number of nitrogens with zero attached hydrogens (tertiary/aromatic N) is 7. The van der Waals surface area contributed by atoms with Gasteiger partial charge in [0.15, 0.2) is 5.82 Å². The SMILES string of the molecule is NCc1ncn(-c2nnnn2-c2ccccc2)n1. The van der Waals surface area contributed by atoms with Crippen LogP contribution in [0.4, 0.5) is 0 Å². The van der Waals surface area contributed by atoms with E-state index in [0.717, 1.165) is 5.69 Å². The van der Waals surface area contributed by atoms with Gasteiger partial charge < -0.3 is 5.73 Å². The lowest BCUT2D eigenvalue weighted by Crippen LogP contribution is -2.08. The predicted octanol–water partition coefficient (Wildman–Crippen LogP) is -0.298. The number of hydrogen-bond acceptors (Lipinski definition) is 6. The molecule has 2 heterocycles. The first-order chi connectivity index (χ1) is 8.88. The van der Waals surface area contributed by atoms with E-state index in [9.17, 15) is 0 Å². The monoisotopic (exact) mass is 242 g/mol. The zero-order valence-electron chi connectivity index (χ0n) is 9.38. The molecule has 0 saturated carbocycles. The molecule has 0 spiro atoms. The highest BCUT2D eigenvalue weighted by Gasteiger charge is 2.11. The topological polar surface area (TPSA) is 100 Å². The maximum absolute atomic E-state index is 5.47. The summed E-state index contributed by atoms with van der Waals surface area (Å²) in [5.41, 5.74) is 6.32. The van der Waals surface area contributed by atoms with Gasteiger partial charge in [0.2, 0.25) is 0 Å². The number of benzene rings is 1. The van der Waals surface area contributed by atoms with E-state index in [2.05, 4.69) is 25.6 Å². The quantitative estimate of drug-likeness (QED) is 0.676. The Morgan fingerprint density at radius 2 is 2.00 bits per heavy atom. The molecule has 0 radical (unpaired) electrons. The van der Waals surface area contributed by atoms with Crippen molar-refractivity contribution in [3.05, 3.63) is 42.5 Å². The Morgan fingerprint density at radius 1 is 1.17 bits per heavy atom. The van der Waals surface area contributed by atoms with Gasteiger partial charge in [0.25, 0.3) is 5.95 Å². The summed E-state index contributed by atoms with van der Waals surface area (Å²) in [4.78, 5) is 4.04. The molecule has 0 aliphatic heterocycles. The zero-order valence-corrected chi connectivity index (χ0v) is 9.38. The Labute approximate surface area is 102 Å². The molecule has 0 atom stereocenters. The third-order valence-corrected chi connectivity index (χ3v) is 2.38. The van der Waals surface area contributed by atoms with Crippen LogP contribution in [0.15, 0.2) is 36.7 Å². The van der Waals surface area contributed by atoms with Gasteiger partial charge in [-0.2, -0.15) is 9.36 Å². The van der Waals surface area contributed by atoms with Crippen molar-refractivity contribution in [1.82, 2.24) is 35.0 Å². The summed E-state index contributed by atoms with van der Waals surface area (Å²) in [7, 11) is 0. The van der Waals surface area contributed by atoms with Gasteiger partial charge >= 0.3 is 0 Å². The zero-order chi connectivity index (χ0) is 12.4. The van der Waals surface area contributed by atoms with Gasteiger partial charge in [0.05, 0.1) is 12.2 Å². The van der Waals surface area contributed by atoms with Crippen LogP contribution in [0.2, 0.25) is 0 Å². The normalized spacial score (nSPS) is 10.7. The van der Waals surface area contributed by atoms with Crippen molar-refractivity contribution >= 4 is 0 Å². The van der Waals surface area contributed by atoms with Gasteiger partial charge in [-0.05, 0) is 22.6 Å². The summed E-state index contributed by atoms with van der Waals surface area (Å²) in [6.07, 6.45) is 1.54. The van der Waals surface area contributed by atoms with Gasteiger partial charge in [-0.15, -0.1) is 5.10 Å². The molecular formula is C10H10N8. The third-order valence-electron chi connectivity index (χ3n) is 2.38. The molecule has 0 aliphatic carbocycles. The van der Waals surface area contributed by atoms with E-state index >= 15 is 0 Å². The lowest BCUT2D eigenvalue weighted by Gasteiger charge is -2.02. The van der Waals surface area contributed by atoms with Gasteiger partial charge in [0.1, 0.15) is 6.33 Å². The Kier molecular flexibility index (Phi) is 2.54. The first-order valence-corrected chi connectivity index (χ1v) is 5.33. The minimum absolute atomic E-state index is 0.278. The van der Waals surface area contributed by atoms with Crippen LogP contribution >= 0.6 is 0 Å². The van der Waals surface area contributed by atoms with Gasteiger partial charge in [-0.3, -0.25) is 0 Å². The van der Waals surface area contributed by atoms with Crippen molar-refractivity contribution < 1.29 is 0 Å². The number of para-hydroxylation sites is 1. The van der Waals surface area contributed by atoms with Crippen LogP contribution in [-0.4, -0.2) is 35.0 Å². The van der Waals surface area contributed by atoms with Crippen LogP contribution < -0.4 is 5.73 Å². The van der Waals surface area contributed by atoms with E-state index in [1.165, 1.54) is 11.0 Å². The van der Waals surface area contributed by atoms with E-state index in [1.807, 2.05) is 30.3 Å². The lowest BCUT2D eigenvalue weighted by atomic mass is 10.3. The minimum Gasteiger partial charge on any atom is -0.324 e. The molecule has 0 fully saturated rings. The molecule has 8 nitrogen and oxygen atoms in total. The largest absolute Gasteiger partial charge is 0.324 e. The molecule has 18 heavy (non-hydrogen) atoms. The number of rotatable bonds is 3. The predicted molar refractivity (Wildman–Crippen MR) is 62.0 cm³/mol. The average Bonchev–Trinajstić information content (AvgIpc) is 3.08. The summed E-state index contributed by atoms with van der Waals surface area (Å²) in [6, 6.07) is 9.55. The average molecular weight is 242 g/mol. The summed E-state index contributed by atoms with van der Waals surface area (Å²) < 4.78 is 3.07. The van der Waals surface area contributed by atoms with Crippen molar-refractivity contribution in [3.63, 3.8) is 0 Å². The minimum atomic E-state index is 0.278. The smallest absolute Gasteiger partial charge is 0.276 e. The fourth-order valence-corrected chi connectivity index (χ4v) is 1.55. The fraction of sp³-hybridized carbons (Fsp3) is 0.100. The summed E-state index contributed by atoms with van der Waals surface area (Å²) >= 11 is 0. The van der Waals surface area contributed by atoms with Crippen molar-refractivity contribution in [2.24, 2.45) is 5.73 Å². The summed E-state index contributed by atoms with van der Waals surface area (Å²) in [5, 5.41) is 15.7. The molecule has 1 aromatic carbocycles. The van der Waals surface area contributed by atoms with Crippen LogP contribution in [0.1, 0.15) is 5.82 Å². The van der Waals surface area contributed by atoms with Crippen molar-refractivity contribution in [3.8, 4) is 11.6 Å². The third kappa shape index (κ3) is 1.74. The highest BCUT2D eigenvalue weighted by Crippen LogP contribution is 2.09. The van der Waals surface area contributed by atoms with Gasteiger partial charge in [0, 0.05) is 0 Å². The molecule has 0 saturated heterocycles. The summed E-state index contributed by atoms with van der Waals surface area (Å²) in [5.74, 6) is 1.01. The first-order valence-electron chi connectivity index (χ1n) is 5.33. The molecular weight excluding hydrogens is 232 g/mol. The number of aromatic nitrogens is 7. The van der Waals surface area contributed by atoms with E-state index in [-0.39, 0.29) is 6.54 Å². The van der Waals surface area contributed by atoms with Crippen molar-refractivity contribution in [2.75, 3.05) is 0 Å². The van der Waals surface area contributed by atoms with Crippen molar-refractivity contribution in [2.45, 2.75) is 6.54 Å². The van der Waals surface area contributed by atoms with Crippen molar-refractivity contribution in [1.29, 1.82) is 0 Å². The first kappa shape index (κ1) is 10.5. The second-order valence-electron chi connectivity index (χ2n) is 3.54. The molecule has 2 N–H and O–H groups in total.